The monoisotopic (exact) mass is 580 g/mol. The van der Waals surface area contributed by atoms with Crippen LogP contribution in [0.4, 0.5) is 10.1 Å². The molecule has 1 aromatic heterocycles. The van der Waals surface area contributed by atoms with E-state index in [4.69, 9.17) is 4.74 Å². The van der Waals surface area contributed by atoms with E-state index in [0.717, 1.165) is 69.9 Å². The molecule has 0 saturated heterocycles. The second-order valence-electron chi connectivity index (χ2n) is 13.0. The minimum Gasteiger partial charge on any atom is -0.459 e. The van der Waals surface area contributed by atoms with Crippen molar-refractivity contribution in [1.82, 2.24) is 14.0 Å². The maximum Gasteiger partial charge on any atom is 0.331 e. The molecule has 5 rings (SSSR count). The lowest BCUT2D eigenvalue weighted by Gasteiger charge is -2.29. The number of halogens is 1. The van der Waals surface area contributed by atoms with E-state index in [-0.39, 0.29) is 48.8 Å². The van der Waals surface area contributed by atoms with E-state index in [1.165, 1.54) is 17.1 Å². The lowest BCUT2D eigenvalue weighted by molar-refractivity contribution is -0.155. The fourth-order valence-electron chi connectivity index (χ4n) is 6.57. The molecule has 0 atom stereocenters. The quantitative estimate of drug-likeness (QED) is 0.364. The summed E-state index contributed by atoms with van der Waals surface area (Å²) in [4.78, 5) is 42.5. The second-order valence-corrected chi connectivity index (χ2v) is 13.0. The van der Waals surface area contributed by atoms with Gasteiger partial charge in [-0.15, -0.1) is 0 Å². The molecular formula is C33H45FN4O4. The summed E-state index contributed by atoms with van der Waals surface area (Å²) in [5.41, 5.74) is 0.214. The summed E-state index contributed by atoms with van der Waals surface area (Å²) in [5.74, 6) is -0.853. The van der Waals surface area contributed by atoms with Crippen molar-refractivity contribution in [2.45, 2.75) is 116 Å². The number of aromatic nitrogens is 2. The van der Waals surface area contributed by atoms with Crippen molar-refractivity contribution in [3.63, 3.8) is 0 Å². The van der Waals surface area contributed by atoms with Crippen LogP contribution in [0.1, 0.15) is 97.4 Å². The van der Waals surface area contributed by atoms with Gasteiger partial charge in [0, 0.05) is 30.9 Å². The number of ether oxygens (including phenoxy) is 1. The molecule has 1 aromatic carbocycles. The van der Waals surface area contributed by atoms with Crippen molar-refractivity contribution in [3.8, 4) is 0 Å². The average Bonchev–Trinajstić information content (AvgIpc) is 3.48. The molecule has 1 heterocycles. The largest absolute Gasteiger partial charge is 0.459 e. The molecule has 0 bridgehead atoms. The van der Waals surface area contributed by atoms with Crippen LogP contribution in [0.3, 0.4) is 0 Å². The number of nitrogens with one attached hydrogen (secondary N) is 1. The highest BCUT2D eigenvalue weighted by molar-refractivity contribution is 5.82. The third-order valence-corrected chi connectivity index (χ3v) is 8.59. The standard InChI is InChI=1S/C33H45FN4O4/c1-33(2,3)42-30(39)22-36(24-14-8-5-9-15-24)18-19-37-31(40)26-20-27(34)28(35-23-12-6-4-7-13-23)21-29(26)38(32(37)41)25-16-10-11-17-25/h8,14-15,20-21,23,25,35H,4-7,9-13,16-19,22H2,1-3H3. The van der Waals surface area contributed by atoms with Gasteiger partial charge >= 0.3 is 11.7 Å². The Hall–Kier alpha value is -3.36. The molecule has 0 amide bonds. The van der Waals surface area contributed by atoms with Gasteiger partial charge in [0.25, 0.3) is 5.56 Å². The summed E-state index contributed by atoms with van der Waals surface area (Å²) >= 11 is 0. The van der Waals surface area contributed by atoms with E-state index >= 15 is 4.39 Å². The van der Waals surface area contributed by atoms with Crippen molar-refractivity contribution in [2.75, 3.05) is 18.4 Å². The minimum absolute atomic E-state index is 0.00256. The third-order valence-electron chi connectivity index (χ3n) is 8.59. The predicted octanol–water partition coefficient (Wildman–Crippen LogP) is 6.04. The van der Waals surface area contributed by atoms with Crippen LogP contribution in [0.15, 0.2) is 45.6 Å². The number of hydrogen-bond acceptors (Lipinski definition) is 6. The molecular weight excluding hydrogens is 535 g/mol. The molecule has 0 spiro atoms. The molecule has 3 aliphatic rings. The van der Waals surface area contributed by atoms with Crippen molar-refractivity contribution in [3.05, 3.63) is 62.7 Å². The van der Waals surface area contributed by atoms with E-state index in [2.05, 4.69) is 17.5 Å². The molecule has 2 aromatic rings. The second kappa shape index (κ2) is 12.9. The normalized spacial score (nSPS) is 18.3. The van der Waals surface area contributed by atoms with E-state index < -0.39 is 17.0 Å². The Morgan fingerprint density at radius 2 is 1.76 bits per heavy atom. The maximum absolute atomic E-state index is 15.5. The summed E-state index contributed by atoms with van der Waals surface area (Å²) in [6.07, 6.45) is 16.9. The van der Waals surface area contributed by atoms with Crippen LogP contribution >= 0.6 is 0 Å². The van der Waals surface area contributed by atoms with Gasteiger partial charge in [-0.1, -0.05) is 44.3 Å². The van der Waals surface area contributed by atoms with Crippen LogP contribution in [-0.2, 0) is 16.1 Å². The van der Waals surface area contributed by atoms with Crippen molar-refractivity contribution in [2.24, 2.45) is 0 Å². The molecule has 8 nitrogen and oxygen atoms in total. The first-order valence-corrected chi connectivity index (χ1v) is 15.7. The molecule has 42 heavy (non-hydrogen) atoms. The Labute approximate surface area is 247 Å². The van der Waals surface area contributed by atoms with Gasteiger partial charge in [-0.05, 0) is 77.5 Å². The molecule has 0 radical (unpaired) electrons. The summed E-state index contributed by atoms with van der Waals surface area (Å²) in [6.45, 7) is 5.79. The van der Waals surface area contributed by atoms with Gasteiger partial charge in [0.15, 0.2) is 0 Å². The van der Waals surface area contributed by atoms with E-state index in [1.54, 1.807) is 10.6 Å². The fourth-order valence-corrected chi connectivity index (χ4v) is 6.57. The predicted molar refractivity (Wildman–Crippen MR) is 164 cm³/mol. The number of fused-ring (bicyclic) bond motifs is 1. The molecule has 2 fully saturated rings. The van der Waals surface area contributed by atoms with E-state index in [0.29, 0.717) is 11.2 Å². The van der Waals surface area contributed by atoms with Gasteiger partial charge in [0.2, 0.25) is 0 Å². The molecule has 1 N–H and O–H groups in total. The lowest BCUT2D eigenvalue weighted by atomic mass is 9.95. The Kier molecular flexibility index (Phi) is 9.23. The Morgan fingerprint density at radius 3 is 2.43 bits per heavy atom. The van der Waals surface area contributed by atoms with Gasteiger partial charge in [0.1, 0.15) is 18.0 Å². The highest BCUT2D eigenvalue weighted by atomic mass is 19.1. The number of hydrogen-bond donors (Lipinski definition) is 1. The van der Waals surface area contributed by atoms with Crippen LogP contribution in [0, 0.1) is 5.82 Å². The van der Waals surface area contributed by atoms with Gasteiger partial charge < -0.3 is 15.0 Å². The number of benzene rings is 1. The van der Waals surface area contributed by atoms with Gasteiger partial charge in [0.05, 0.1) is 16.6 Å². The Bertz CT molecular complexity index is 1470. The van der Waals surface area contributed by atoms with Gasteiger partial charge in [-0.3, -0.25) is 18.7 Å². The first kappa shape index (κ1) is 30.1. The molecule has 0 aliphatic heterocycles. The van der Waals surface area contributed by atoms with Crippen LogP contribution in [0.25, 0.3) is 10.9 Å². The van der Waals surface area contributed by atoms with Crippen molar-refractivity contribution < 1.29 is 13.9 Å². The number of allylic oxidation sites excluding steroid dienone is 3. The van der Waals surface area contributed by atoms with Crippen LogP contribution < -0.4 is 16.6 Å². The molecule has 228 valence electrons. The Morgan fingerprint density at radius 1 is 1.05 bits per heavy atom. The third kappa shape index (κ3) is 6.98. The molecule has 2 saturated carbocycles. The SMILES string of the molecule is CC(C)(C)OC(=O)CN(CCn1c(=O)c2cc(F)c(NC3CCCCC3)cc2n(C2CCCC2)c1=O)C1=CCCC=C1. The molecule has 0 unspecified atom stereocenters. The fraction of sp³-hybridized carbons (Fsp3) is 0.606. The highest BCUT2D eigenvalue weighted by Crippen LogP contribution is 2.32. The number of anilines is 1. The lowest BCUT2D eigenvalue weighted by Crippen LogP contribution is -2.44. The summed E-state index contributed by atoms with van der Waals surface area (Å²) in [7, 11) is 0. The maximum atomic E-state index is 15.5. The number of nitrogens with zero attached hydrogens (tertiary/aromatic N) is 3. The minimum atomic E-state index is -0.626. The zero-order valence-corrected chi connectivity index (χ0v) is 25.3. The molecule has 3 aliphatic carbocycles. The number of carbonyl (C=O) groups excluding carboxylic acids is 1. The zero-order valence-electron chi connectivity index (χ0n) is 25.3. The first-order chi connectivity index (χ1) is 20.1. The van der Waals surface area contributed by atoms with E-state index in [9.17, 15) is 14.4 Å². The number of carbonyl (C=O) groups is 1. The summed E-state index contributed by atoms with van der Waals surface area (Å²) < 4.78 is 24.0. The van der Waals surface area contributed by atoms with Crippen molar-refractivity contribution in [1.29, 1.82) is 0 Å². The van der Waals surface area contributed by atoms with Crippen LogP contribution in [0.2, 0.25) is 0 Å². The zero-order chi connectivity index (χ0) is 29.9. The van der Waals surface area contributed by atoms with Gasteiger partial charge in [-0.2, -0.15) is 0 Å². The van der Waals surface area contributed by atoms with Gasteiger partial charge in [-0.25, -0.2) is 9.18 Å². The van der Waals surface area contributed by atoms with Crippen LogP contribution in [-0.4, -0.2) is 44.7 Å². The highest BCUT2D eigenvalue weighted by Gasteiger charge is 2.26. The Balaban J connectivity index is 1.50. The topological polar surface area (TPSA) is 85.6 Å². The first-order valence-electron chi connectivity index (χ1n) is 15.7. The summed E-state index contributed by atoms with van der Waals surface area (Å²) in [5, 5.41) is 3.57. The average molecular weight is 581 g/mol. The smallest absolute Gasteiger partial charge is 0.331 e. The summed E-state index contributed by atoms with van der Waals surface area (Å²) in [6, 6.07) is 3.13. The van der Waals surface area contributed by atoms with E-state index in [1.807, 2.05) is 31.7 Å². The molecule has 9 heteroatoms. The van der Waals surface area contributed by atoms with Crippen molar-refractivity contribution >= 4 is 22.6 Å². The number of esters is 1. The van der Waals surface area contributed by atoms with Crippen LogP contribution in [0.5, 0.6) is 0 Å². The number of rotatable bonds is 9.